The van der Waals surface area contributed by atoms with Gasteiger partial charge in [-0.3, -0.25) is 4.99 Å². The number of pyridine rings is 1. The molecule has 258 valence electrons. The van der Waals surface area contributed by atoms with Gasteiger partial charge in [-0.25, -0.2) is 9.98 Å². The maximum atomic E-state index is 6.88. The third kappa shape index (κ3) is 5.14. The fourth-order valence-corrected chi connectivity index (χ4v) is 9.89. The van der Waals surface area contributed by atoms with E-state index in [0.29, 0.717) is 0 Å². The lowest BCUT2D eigenvalue weighted by Gasteiger charge is -2.25. The van der Waals surface area contributed by atoms with Crippen molar-refractivity contribution in [1.29, 1.82) is 0 Å². The van der Waals surface area contributed by atoms with E-state index < -0.39 is 0 Å². The molecule has 2 aromatic heterocycles. The van der Waals surface area contributed by atoms with Gasteiger partial charge in [0, 0.05) is 49.0 Å². The van der Waals surface area contributed by atoms with Gasteiger partial charge in [0.1, 0.15) is 17.3 Å². The third-order valence-electron chi connectivity index (χ3n) is 11.3. The first-order chi connectivity index (χ1) is 26.8. The summed E-state index contributed by atoms with van der Waals surface area (Å²) in [5, 5.41) is 3.78. The van der Waals surface area contributed by atoms with Crippen LogP contribution < -0.4 is 4.74 Å². The molecule has 0 radical (unpaired) electrons. The topological polar surface area (TPSA) is 46.8 Å². The molecule has 5 aromatic carbocycles. The predicted molar refractivity (Wildman–Crippen MR) is 225 cm³/mol. The van der Waals surface area contributed by atoms with Crippen LogP contribution in [0.5, 0.6) is 5.75 Å². The van der Waals surface area contributed by atoms with Crippen molar-refractivity contribution in [2.24, 2.45) is 15.9 Å². The standard InChI is InChI=1S/C49H35N3OS/c1-3-14-30(15-4-1)39-29-40(31-16-5-2-6-17-31)52-49(51-39)33-19-11-18-32(28-33)47-48-46(36-20-7-9-25-41(36)53-48)45-35(22-12-24-38(45)50-47)34-23-13-27-43-44(34)37-21-8-10-26-42(37)54-43/h1-18,21-28,33,36,39H,19-20,29H2. The van der Waals surface area contributed by atoms with Crippen LogP contribution in [0.25, 0.3) is 47.8 Å². The van der Waals surface area contributed by atoms with Crippen LogP contribution in [0.15, 0.2) is 174 Å². The first kappa shape index (κ1) is 31.4. The van der Waals surface area contributed by atoms with Crippen LogP contribution in [-0.2, 0) is 0 Å². The van der Waals surface area contributed by atoms with Crippen molar-refractivity contribution in [2.75, 3.05) is 0 Å². The minimum absolute atomic E-state index is 0.00347. The predicted octanol–water partition coefficient (Wildman–Crippen LogP) is 12.6. The molecule has 7 aromatic rings. The number of benzene rings is 5. The van der Waals surface area contributed by atoms with Crippen molar-refractivity contribution in [3.05, 3.63) is 186 Å². The second-order valence-electron chi connectivity index (χ2n) is 14.5. The van der Waals surface area contributed by atoms with E-state index in [9.17, 15) is 0 Å². The second-order valence-corrected chi connectivity index (χ2v) is 15.6. The molecule has 0 saturated heterocycles. The molecule has 4 aliphatic rings. The van der Waals surface area contributed by atoms with Gasteiger partial charge in [0.25, 0.3) is 0 Å². The average Bonchev–Trinajstić information content (AvgIpc) is 3.83. The summed E-state index contributed by atoms with van der Waals surface area (Å²) in [5.74, 6) is 2.87. The first-order valence-corrected chi connectivity index (χ1v) is 19.6. The van der Waals surface area contributed by atoms with Crippen molar-refractivity contribution < 1.29 is 4.74 Å². The van der Waals surface area contributed by atoms with E-state index in [0.717, 1.165) is 64.7 Å². The summed E-state index contributed by atoms with van der Waals surface area (Å²) in [6.45, 7) is 0. The molecular formula is C49H35N3OS. The van der Waals surface area contributed by atoms with Gasteiger partial charge in [0.2, 0.25) is 0 Å². The molecule has 4 heterocycles. The van der Waals surface area contributed by atoms with E-state index in [4.69, 9.17) is 19.7 Å². The zero-order chi connectivity index (χ0) is 35.6. The van der Waals surface area contributed by atoms with Gasteiger partial charge in [-0.05, 0) is 59.4 Å². The van der Waals surface area contributed by atoms with Crippen LogP contribution in [0.1, 0.15) is 53.6 Å². The molecule has 0 saturated carbocycles. The molecule has 0 fully saturated rings. The van der Waals surface area contributed by atoms with E-state index in [1.54, 1.807) is 0 Å². The fraction of sp³-hybridized carbons (Fsp3) is 0.122. The molecular weight excluding hydrogens is 679 g/mol. The van der Waals surface area contributed by atoms with Crippen molar-refractivity contribution in [2.45, 2.75) is 31.2 Å². The van der Waals surface area contributed by atoms with Gasteiger partial charge in [0.15, 0.2) is 5.75 Å². The first-order valence-electron chi connectivity index (χ1n) is 18.8. The Balaban J connectivity index is 1.08. The van der Waals surface area contributed by atoms with Crippen LogP contribution in [0.4, 0.5) is 0 Å². The Morgan fingerprint density at radius 1 is 0.704 bits per heavy atom. The Bertz CT molecular complexity index is 2840. The molecule has 3 atom stereocenters. The summed E-state index contributed by atoms with van der Waals surface area (Å²) in [6.07, 6.45) is 15.8. The number of fused-ring (bicyclic) bond motifs is 8. The van der Waals surface area contributed by atoms with E-state index in [1.807, 2.05) is 11.3 Å². The Hall–Kier alpha value is -6.17. The normalized spacial score (nSPS) is 20.3. The van der Waals surface area contributed by atoms with Crippen molar-refractivity contribution in [1.82, 2.24) is 4.98 Å². The van der Waals surface area contributed by atoms with Crippen molar-refractivity contribution in [3.63, 3.8) is 0 Å². The maximum Gasteiger partial charge on any atom is 0.157 e. The molecule has 0 bridgehead atoms. The van der Waals surface area contributed by atoms with Crippen LogP contribution in [-0.4, -0.2) is 16.5 Å². The Morgan fingerprint density at radius 3 is 2.37 bits per heavy atom. The van der Waals surface area contributed by atoms with Gasteiger partial charge in [0.05, 0.1) is 23.2 Å². The molecule has 5 heteroatoms. The molecule has 0 amide bonds. The van der Waals surface area contributed by atoms with Gasteiger partial charge in [-0.15, -0.1) is 11.3 Å². The molecule has 0 spiro atoms. The second kappa shape index (κ2) is 12.8. The van der Waals surface area contributed by atoms with Gasteiger partial charge >= 0.3 is 0 Å². The number of ether oxygens (including phenoxy) is 1. The SMILES string of the molecule is C1=CCC2C(=C1)Oc1c(C3=CC(C4=NC(c5ccccc5)CC(c5ccccc5)=N4)CC=C3)nc3cccc(-c4cccc5sc6ccccc6c45)c3c12. The number of amidine groups is 1. The van der Waals surface area contributed by atoms with Gasteiger partial charge < -0.3 is 4.74 Å². The highest BCUT2D eigenvalue weighted by atomic mass is 32.1. The lowest BCUT2D eigenvalue weighted by atomic mass is 9.84. The lowest BCUT2D eigenvalue weighted by molar-refractivity contribution is 0.423. The number of aliphatic imine (C=N–C) groups is 2. The number of hydrogen-bond acceptors (Lipinski definition) is 5. The molecule has 0 N–H and O–H groups in total. The zero-order valence-corrected chi connectivity index (χ0v) is 30.3. The molecule has 2 aliphatic carbocycles. The van der Waals surface area contributed by atoms with E-state index in [1.165, 1.54) is 47.8 Å². The van der Waals surface area contributed by atoms with Crippen LogP contribution in [0.3, 0.4) is 0 Å². The average molecular weight is 714 g/mol. The molecule has 11 rings (SSSR count). The van der Waals surface area contributed by atoms with E-state index >= 15 is 0 Å². The Morgan fingerprint density at radius 2 is 1.48 bits per heavy atom. The summed E-state index contributed by atoms with van der Waals surface area (Å²) in [5.41, 5.74) is 10.0. The number of rotatable bonds is 5. The number of allylic oxidation sites excluding steroid dienone is 7. The highest BCUT2D eigenvalue weighted by molar-refractivity contribution is 7.25. The van der Waals surface area contributed by atoms with Crippen LogP contribution in [0.2, 0.25) is 0 Å². The summed E-state index contributed by atoms with van der Waals surface area (Å²) in [6, 6.07) is 43.3. The van der Waals surface area contributed by atoms with Crippen molar-refractivity contribution >= 4 is 59.5 Å². The minimum atomic E-state index is 0.00347. The largest absolute Gasteiger partial charge is 0.458 e. The summed E-state index contributed by atoms with van der Waals surface area (Å²) in [4.78, 5) is 16.1. The summed E-state index contributed by atoms with van der Waals surface area (Å²) < 4.78 is 9.49. The highest BCUT2D eigenvalue weighted by Gasteiger charge is 2.37. The maximum absolute atomic E-state index is 6.88. The minimum Gasteiger partial charge on any atom is -0.458 e. The molecule has 4 nitrogen and oxygen atoms in total. The Labute approximate surface area is 317 Å². The molecule has 54 heavy (non-hydrogen) atoms. The van der Waals surface area contributed by atoms with E-state index in [2.05, 4.69) is 158 Å². The monoisotopic (exact) mass is 713 g/mol. The van der Waals surface area contributed by atoms with E-state index in [-0.39, 0.29) is 17.9 Å². The van der Waals surface area contributed by atoms with Gasteiger partial charge in [-0.1, -0.05) is 134 Å². The molecule has 2 aliphatic heterocycles. The van der Waals surface area contributed by atoms with Gasteiger partial charge in [-0.2, -0.15) is 0 Å². The zero-order valence-electron chi connectivity index (χ0n) is 29.5. The number of aromatic nitrogens is 1. The Kier molecular flexibility index (Phi) is 7.41. The smallest absolute Gasteiger partial charge is 0.157 e. The fourth-order valence-electron chi connectivity index (χ4n) is 8.76. The number of thiophene rings is 1. The van der Waals surface area contributed by atoms with Crippen LogP contribution >= 0.6 is 11.3 Å². The number of nitrogens with zero attached hydrogens (tertiary/aromatic N) is 3. The lowest BCUT2D eigenvalue weighted by Crippen LogP contribution is -2.22. The third-order valence-corrected chi connectivity index (χ3v) is 12.4. The highest BCUT2D eigenvalue weighted by Crippen LogP contribution is 2.53. The summed E-state index contributed by atoms with van der Waals surface area (Å²) >= 11 is 1.86. The quantitative estimate of drug-likeness (QED) is 0.178. The molecule has 3 unspecified atom stereocenters. The number of hydrogen-bond donors (Lipinski definition) is 0. The van der Waals surface area contributed by atoms with Crippen LogP contribution in [0, 0.1) is 5.92 Å². The van der Waals surface area contributed by atoms with Crippen molar-refractivity contribution in [3.8, 4) is 16.9 Å². The summed E-state index contributed by atoms with van der Waals surface area (Å²) in [7, 11) is 0.